The number of carbonyl (C=O) groups excluding carboxylic acids is 2. The number of benzene rings is 3. The molecule has 0 saturated heterocycles. The first-order chi connectivity index (χ1) is 16.3. The Bertz CT molecular complexity index is 1290. The summed E-state index contributed by atoms with van der Waals surface area (Å²) in [6.45, 7) is 3.63. The highest BCUT2D eigenvalue weighted by atomic mass is 79.9. The number of ether oxygens (including phenoxy) is 1. The molecule has 172 valence electrons. The van der Waals surface area contributed by atoms with Crippen molar-refractivity contribution in [2.45, 2.75) is 13.8 Å². The van der Waals surface area contributed by atoms with Gasteiger partial charge in [-0.05, 0) is 98.8 Å². The highest BCUT2D eigenvalue weighted by Gasteiger charge is 2.14. The molecule has 0 spiro atoms. The number of aryl methyl sites for hydroxylation is 2. The van der Waals surface area contributed by atoms with Crippen LogP contribution in [0.25, 0.3) is 6.08 Å². The van der Waals surface area contributed by atoms with Gasteiger partial charge in [-0.1, -0.05) is 30.3 Å². The van der Waals surface area contributed by atoms with E-state index >= 15 is 0 Å². The van der Waals surface area contributed by atoms with Crippen molar-refractivity contribution in [1.29, 1.82) is 5.26 Å². The van der Waals surface area contributed by atoms with Crippen LogP contribution in [0.1, 0.15) is 16.7 Å². The van der Waals surface area contributed by atoms with Gasteiger partial charge in [-0.2, -0.15) is 5.26 Å². The standard InChI is InChI=1S/C26H21Br2N3O3/c1-16-6-5-8-20(10-16)30-24(32)15-34-25-21(27)12-18(13-22(25)28)11-19(14-29)26(33)31-23-9-4-3-7-17(23)2/h3-13H,15H2,1-2H3,(H,30,32)(H,31,33)/b19-11-. The van der Waals surface area contributed by atoms with Crippen molar-refractivity contribution in [1.82, 2.24) is 0 Å². The Morgan fingerprint density at radius 1 is 1.00 bits per heavy atom. The predicted octanol–water partition coefficient (Wildman–Crippen LogP) is 6.39. The first kappa shape index (κ1) is 25.2. The molecule has 8 heteroatoms. The molecule has 0 aliphatic heterocycles. The molecule has 0 unspecified atom stereocenters. The third kappa shape index (κ3) is 6.80. The van der Waals surface area contributed by atoms with Gasteiger partial charge < -0.3 is 15.4 Å². The molecule has 3 aromatic carbocycles. The van der Waals surface area contributed by atoms with Gasteiger partial charge in [-0.25, -0.2) is 0 Å². The maximum absolute atomic E-state index is 12.6. The van der Waals surface area contributed by atoms with Crippen LogP contribution in [0.3, 0.4) is 0 Å². The molecular weight excluding hydrogens is 562 g/mol. The Balaban J connectivity index is 1.70. The second kappa shape index (κ2) is 11.6. The molecule has 0 radical (unpaired) electrons. The number of nitrogens with one attached hydrogen (secondary N) is 2. The van der Waals surface area contributed by atoms with E-state index in [2.05, 4.69) is 42.5 Å². The van der Waals surface area contributed by atoms with Gasteiger partial charge in [-0.15, -0.1) is 0 Å². The van der Waals surface area contributed by atoms with E-state index < -0.39 is 5.91 Å². The molecule has 0 aliphatic carbocycles. The minimum Gasteiger partial charge on any atom is -0.481 e. The smallest absolute Gasteiger partial charge is 0.266 e. The summed E-state index contributed by atoms with van der Waals surface area (Å²) in [7, 11) is 0. The molecule has 0 saturated carbocycles. The topological polar surface area (TPSA) is 91.2 Å². The summed E-state index contributed by atoms with van der Waals surface area (Å²) in [5, 5.41) is 15.1. The maximum Gasteiger partial charge on any atom is 0.266 e. The third-order valence-corrected chi connectivity index (χ3v) is 5.92. The normalized spacial score (nSPS) is 10.9. The summed E-state index contributed by atoms with van der Waals surface area (Å²) in [5.41, 5.74) is 3.83. The molecule has 0 aromatic heterocycles. The quantitative estimate of drug-likeness (QED) is 0.249. The third-order valence-electron chi connectivity index (χ3n) is 4.74. The molecule has 6 nitrogen and oxygen atoms in total. The summed E-state index contributed by atoms with van der Waals surface area (Å²) < 4.78 is 6.81. The highest BCUT2D eigenvalue weighted by Crippen LogP contribution is 2.35. The lowest BCUT2D eigenvalue weighted by atomic mass is 10.1. The van der Waals surface area contributed by atoms with Crippen LogP contribution in [-0.2, 0) is 9.59 Å². The fourth-order valence-corrected chi connectivity index (χ4v) is 4.53. The number of amides is 2. The van der Waals surface area contributed by atoms with Crippen molar-refractivity contribution in [2.24, 2.45) is 0 Å². The van der Waals surface area contributed by atoms with Gasteiger partial charge in [0.2, 0.25) is 0 Å². The molecule has 0 heterocycles. The minimum atomic E-state index is -0.503. The van der Waals surface area contributed by atoms with Crippen LogP contribution in [0.5, 0.6) is 5.75 Å². The highest BCUT2D eigenvalue weighted by molar-refractivity contribution is 9.11. The first-order valence-electron chi connectivity index (χ1n) is 10.2. The van der Waals surface area contributed by atoms with Crippen LogP contribution >= 0.6 is 31.9 Å². The van der Waals surface area contributed by atoms with Crippen LogP contribution in [0.15, 0.2) is 75.2 Å². The van der Waals surface area contributed by atoms with Gasteiger partial charge in [0.1, 0.15) is 17.4 Å². The maximum atomic E-state index is 12.6. The predicted molar refractivity (Wildman–Crippen MR) is 141 cm³/mol. The molecular formula is C26H21Br2N3O3. The summed E-state index contributed by atoms with van der Waals surface area (Å²) in [6.07, 6.45) is 1.48. The van der Waals surface area contributed by atoms with Gasteiger partial charge in [0.25, 0.3) is 11.8 Å². The number of halogens is 2. The minimum absolute atomic E-state index is 0.0479. The lowest BCUT2D eigenvalue weighted by Gasteiger charge is -2.12. The van der Waals surface area contributed by atoms with Crippen LogP contribution < -0.4 is 15.4 Å². The SMILES string of the molecule is Cc1cccc(NC(=O)COc2c(Br)cc(/C=C(/C#N)C(=O)Nc3ccccc3C)cc2Br)c1. The fraction of sp³-hybridized carbons (Fsp3) is 0.115. The van der Waals surface area contributed by atoms with Crippen molar-refractivity contribution in [3.63, 3.8) is 0 Å². The molecule has 34 heavy (non-hydrogen) atoms. The van der Waals surface area contributed by atoms with E-state index in [-0.39, 0.29) is 18.1 Å². The van der Waals surface area contributed by atoms with Gasteiger partial charge in [0, 0.05) is 11.4 Å². The summed E-state index contributed by atoms with van der Waals surface area (Å²) >= 11 is 6.87. The Kier molecular flexibility index (Phi) is 8.63. The monoisotopic (exact) mass is 581 g/mol. The Morgan fingerprint density at radius 2 is 1.71 bits per heavy atom. The van der Waals surface area contributed by atoms with Crippen LogP contribution in [0, 0.1) is 25.2 Å². The number of hydrogen-bond donors (Lipinski definition) is 2. The molecule has 0 atom stereocenters. The lowest BCUT2D eigenvalue weighted by molar-refractivity contribution is -0.118. The Morgan fingerprint density at radius 3 is 2.35 bits per heavy atom. The largest absolute Gasteiger partial charge is 0.481 e. The zero-order chi connectivity index (χ0) is 24.7. The number of hydrogen-bond acceptors (Lipinski definition) is 4. The van der Waals surface area contributed by atoms with E-state index in [1.54, 1.807) is 24.3 Å². The van der Waals surface area contributed by atoms with Crippen molar-refractivity contribution in [3.05, 3.63) is 91.9 Å². The summed E-state index contributed by atoms with van der Waals surface area (Å²) in [5.74, 6) is -0.371. The average Bonchev–Trinajstić information content (AvgIpc) is 2.78. The fourth-order valence-electron chi connectivity index (χ4n) is 3.08. The molecule has 3 rings (SSSR count). The molecule has 0 fully saturated rings. The molecule has 0 aliphatic rings. The molecule has 2 N–H and O–H groups in total. The summed E-state index contributed by atoms with van der Waals surface area (Å²) in [6, 6.07) is 20.2. The van der Waals surface area contributed by atoms with E-state index in [4.69, 9.17) is 4.74 Å². The van der Waals surface area contributed by atoms with Gasteiger partial charge in [0.15, 0.2) is 6.61 Å². The van der Waals surface area contributed by atoms with Crippen LogP contribution in [-0.4, -0.2) is 18.4 Å². The molecule has 0 bridgehead atoms. The van der Waals surface area contributed by atoms with E-state index in [9.17, 15) is 14.9 Å². The van der Waals surface area contributed by atoms with Crippen LogP contribution in [0.2, 0.25) is 0 Å². The average molecular weight is 583 g/mol. The van der Waals surface area contributed by atoms with Crippen molar-refractivity contribution < 1.29 is 14.3 Å². The van der Waals surface area contributed by atoms with Gasteiger partial charge in [-0.3, -0.25) is 9.59 Å². The molecule has 3 aromatic rings. The van der Waals surface area contributed by atoms with Crippen molar-refractivity contribution in [3.8, 4) is 11.8 Å². The van der Waals surface area contributed by atoms with E-state index in [0.717, 1.165) is 11.1 Å². The number of rotatable bonds is 7. The Labute approximate surface area is 214 Å². The second-order valence-corrected chi connectivity index (χ2v) is 9.17. The first-order valence-corrected chi connectivity index (χ1v) is 11.8. The second-order valence-electron chi connectivity index (χ2n) is 7.46. The van der Waals surface area contributed by atoms with Crippen molar-refractivity contribution >= 4 is 61.1 Å². The number of anilines is 2. The van der Waals surface area contributed by atoms with Gasteiger partial charge >= 0.3 is 0 Å². The van der Waals surface area contributed by atoms with E-state index in [1.165, 1.54) is 6.08 Å². The number of nitriles is 1. The number of para-hydroxylation sites is 1. The Hall–Kier alpha value is -3.41. The zero-order valence-corrected chi connectivity index (χ0v) is 21.7. The van der Waals surface area contributed by atoms with Crippen molar-refractivity contribution in [2.75, 3.05) is 17.2 Å². The number of carbonyl (C=O) groups is 2. The van der Waals surface area contributed by atoms with Gasteiger partial charge in [0.05, 0.1) is 8.95 Å². The molecule has 2 amide bonds. The van der Waals surface area contributed by atoms with E-state index in [0.29, 0.717) is 31.6 Å². The van der Waals surface area contributed by atoms with E-state index in [1.807, 2.05) is 56.3 Å². The summed E-state index contributed by atoms with van der Waals surface area (Å²) in [4.78, 5) is 24.9. The van der Waals surface area contributed by atoms with Crippen LogP contribution in [0.4, 0.5) is 11.4 Å². The zero-order valence-electron chi connectivity index (χ0n) is 18.5. The number of nitrogens with zero attached hydrogens (tertiary/aromatic N) is 1. The lowest BCUT2D eigenvalue weighted by Crippen LogP contribution is -2.20.